The van der Waals surface area contributed by atoms with Gasteiger partial charge in [-0.15, -0.1) is 0 Å². The lowest BCUT2D eigenvalue weighted by Crippen LogP contribution is -1.64. The van der Waals surface area contributed by atoms with Gasteiger partial charge in [-0.3, -0.25) is 0 Å². The maximum absolute atomic E-state index is 2.21. The molecular weight excluding hydrogens is 223 g/mol. The van der Waals surface area contributed by atoms with Crippen LogP contribution in [0.2, 0.25) is 0 Å². The molecule has 1 rings (SSSR count). The molecule has 0 saturated carbocycles. The molecule has 0 aliphatic heterocycles. The van der Waals surface area contributed by atoms with Crippen LogP contribution >= 0.6 is 22.6 Å². The van der Waals surface area contributed by atoms with Gasteiger partial charge < -0.3 is 0 Å². The molecule has 0 N–H and O–H groups in total. The molecule has 1 heteroatoms. The molecule has 0 amide bonds. The van der Waals surface area contributed by atoms with E-state index in [0.717, 1.165) is 0 Å². The summed E-state index contributed by atoms with van der Waals surface area (Å²) in [6, 6.07) is 10.2. The van der Waals surface area contributed by atoms with Crippen molar-refractivity contribution in [1.82, 2.24) is 0 Å². The predicted octanol–water partition coefficient (Wildman–Crippen LogP) is 3.09. The van der Waals surface area contributed by atoms with Crippen LogP contribution in [-0.4, -0.2) is 0 Å². The molecular formula is C8H7I. The van der Waals surface area contributed by atoms with Crippen LogP contribution < -0.4 is 0 Å². The van der Waals surface area contributed by atoms with E-state index in [1.54, 1.807) is 0 Å². The molecule has 0 aromatic heterocycles. The Morgan fingerprint density at radius 3 is 2.33 bits per heavy atom. The molecule has 0 aliphatic carbocycles. The van der Waals surface area contributed by atoms with Gasteiger partial charge in [-0.1, -0.05) is 52.9 Å². The summed E-state index contributed by atoms with van der Waals surface area (Å²) in [6.45, 7) is 0. The second kappa shape index (κ2) is 3.67. The van der Waals surface area contributed by atoms with E-state index in [9.17, 15) is 0 Å². The molecule has 0 bridgehead atoms. The molecule has 1 aromatic carbocycles. The molecule has 0 nitrogen and oxygen atoms in total. The first-order chi connectivity index (χ1) is 4.43. The highest BCUT2D eigenvalue weighted by Gasteiger charge is 1.78. The van der Waals surface area contributed by atoms with Gasteiger partial charge in [0.25, 0.3) is 0 Å². The number of halogens is 1. The summed E-state index contributed by atoms with van der Waals surface area (Å²) in [5, 5.41) is 0. The molecule has 0 saturated heterocycles. The zero-order chi connectivity index (χ0) is 6.53. The number of hydrogen-bond acceptors (Lipinski definition) is 0. The van der Waals surface area contributed by atoms with Crippen LogP contribution in [0.5, 0.6) is 0 Å². The summed E-state index contributed by atoms with van der Waals surface area (Å²) < 4.78 is 2.01. The van der Waals surface area contributed by atoms with E-state index in [1.165, 1.54) is 5.56 Å². The third-order valence-corrected chi connectivity index (χ3v) is 1.41. The van der Waals surface area contributed by atoms with Crippen LogP contribution in [0, 0.1) is 0 Å². The zero-order valence-corrected chi connectivity index (χ0v) is 7.08. The molecule has 0 heterocycles. The van der Waals surface area contributed by atoms with Crippen LogP contribution in [0.4, 0.5) is 0 Å². The molecule has 0 fully saturated rings. The summed E-state index contributed by atoms with van der Waals surface area (Å²) in [5.41, 5.74) is 1.26. The standard InChI is InChI=1S/C8H7I/c9-7-6-8-4-2-1-3-5-8/h1-7H/b7-6-. The topological polar surface area (TPSA) is 0 Å². The van der Waals surface area contributed by atoms with Crippen molar-refractivity contribution in [2.45, 2.75) is 0 Å². The SMILES string of the molecule is I/C=C\c1ccccc1. The maximum Gasteiger partial charge on any atom is -0.0228 e. The Morgan fingerprint density at radius 1 is 1.11 bits per heavy atom. The van der Waals surface area contributed by atoms with E-state index in [0.29, 0.717) is 0 Å². The van der Waals surface area contributed by atoms with Crippen LogP contribution in [0.3, 0.4) is 0 Å². The van der Waals surface area contributed by atoms with Crippen molar-refractivity contribution >= 4 is 28.7 Å². The van der Waals surface area contributed by atoms with Gasteiger partial charge in [-0.25, -0.2) is 0 Å². The maximum atomic E-state index is 2.21. The molecule has 0 radical (unpaired) electrons. The molecule has 0 spiro atoms. The quantitative estimate of drug-likeness (QED) is 0.650. The predicted molar refractivity (Wildman–Crippen MR) is 49.5 cm³/mol. The molecule has 0 aliphatic rings. The monoisotopic (exact) mass is 230 g/mol. The van der Waals surface area contributed by atoms with Crippen molar-refractivity contribution in [3.05, 3.63) is 40.0 Å². The third-order valence-electron chi connectivity index (χ3n) is 1.06. The fraction of sp³-hybridized carbons (Fsp3) is 0. The fourth-order valence-corrected chi connectivity index (χ4v) is 1.05. The van der Waals surface area contributed by atoms with E-state index in [-0.39, 0.29) is 0 Å². The lowest BCUT2D eigenvalue weighted by atomic mass is 10.2. The van der Waals surface area contributed by atoms with Crippen molar-refractivity contribution in [2.75, 3.05) is 0 Å². The van der Waals surface area contributed by atoms with Crippen molar-refractivity contribution in [3.63, 3.8) is 0 Å². The highest BCUT2D eigenvalue weighted by atomic mass is 127. The zero-order valence-electron chi connectivity index (χ0n) is 4.92. The normalized spacial score (nSPS) is 10.3. The Bertz CT molecular complexity index is 189. The van der Waals surface area contributed by atoms with Gasteiger partial charge in [0.2, 0.25) is 0 Å². The average molecular weight is 230 g/mol. The van der Waals surface area contributed by atoms with Gasteiger partial charge in [-0.2, -0.15) is 0 Å². The summed E-state index contributed by atoms with van der Waals surface area (Å²) >= 11 is 2.21. The van der Waals surface area contributed by atoms with Gasteiger partial charge in [0.15, 0.2) is 0 Å². The van der Waals surface area contributed by atoms with Gasteiger partial charge >= 0.3 is 0 Å². The Balaban J connectivity index is 2.85. The van der Waals surface area contributed by atoms with Gasteiger partial charge in [0.1, 0.15) is 0 Å². The third kappa shape index (κ3) is 2.18. The smallest absolute Gasteiger partial charge is 0.0228 e. The van der Waals surface area contributed by atoms with Crippen LogP contribution in [0.15, 0.2) is 34.4 Å². The van der Waals surface area contributed by atoms with Crippen molar-refractivity contribution in [3.8, 4) is 0 Å². The minimum atomic E-state index is 1.26. The van der Waals surface area contributed by atoms with Crippen molar-refractivity contribution < 1.29 is 0 Å². The largest absolute Gasteiger partial charge is 0.0622 e. The lowest BCUT2D eigenvalue weighted by Gasteiger charge is -1.86. The number of benzene rings is 1. The van der Waals surface area contributed by atoms with Gasteiger partial charge in [-0.05, 0) is 15.7 Å². The Labute approximate surface area is 68.7 Å². The van der Waals surface area contributed by atoms with Crippen LogP contribution in [-0.2, 0) is 0 Å². The first kappa shape index (κ1) is 6.81. The second-order valence-electron chi connectivity index (χ2n) is 1.70. The van der Waals surface area contributed by atoms with E-state index in [2.05, 4.69) is 40.8 Å². The van der Waals surface area contributed by atoms with Gasteiger partial charge in [0, 0.05) is 0 Å². The summed E-state index contributed by atoms with van der Waals surface area (Å²) in [7, 11) is 0. The minimum absolute atomic E-state index is 1.26. The van der Waals surface area contributed by atoms with Crippen LogP contribution in [0.1, 0.15) is 5.56 Å². The molecule has 9 heavy (non-hydrogen) atoms. The molecule has 46 valence electrons. The summed E-state index contributed by atoms with van der Waals surface area (Å²) in [4.78, 5) is 0. The minimum Gasteiger partial charge on any atom is -0.0622 e. The van der Waals surface area contributed by atoms with E-state index in [4.69, 9.17) is 0 Å². The Morgan fingerprint density at radius 2 is 1.78 bits per heavy atom. The number of rotatable bonds is 1. The highest BCUT2D eigenvalue weighted by molar-refractivity contribution is 14.1. The van der Waals surface area contributed by atoms with E-state index >= 15 is 0 Å². The molecule has 0 atom stereocenters. The number of hydrogen-bond donors (Lipinski definition) is 0. The first-order valence-corrected chi connectivity index (χ1v) is 4.00. The van der Waals surface area contributed by atoms with Crippen molar-refractivity contribution in [2.24, 2.45) is 0 Å². The van der Waals surface area contributed by atoms with Crippen LogP contribution in [0.25, 0.3) is 6.08 Å². The Hall–Kier alpha value is -0.310. The van der Waals surface area contributed by atoms with E-state index < -0.39 is 0 Å². The van der Waals surface area contributed by atoms with Crippen molar-refractivity contribution in [1.29, 1.82) is 0 Å². The van der Waals surface area contributed by atoms with E-state index in [1.807, 2.05) is 22.3 Å². The fourth-order valence-electron chi connectivity index (χ4n) is 0.637. The summed E-state index contributed by atoms with van der Waals surface area (Å²) in [6.07, 6.45) is 2.07. The molecule has 0 unspecified atom stereocenters. The second-order valence-corrected chi connectivity index (χ2v) is 2.42. The molecule has 1 aromatic rings. The highest BCUT2D eigenvalue weighted by Crippen LogP contribution is 2.01. The van der Waals surface area contributed by atoms with Gasteiger partial charge in [0.05, 0.1) is 0 Å². The first-order valence-electron chi connectivity index (χ1n) is 2.75. The lowest BCUT2D eigenvalue weighted by molar-refractivity contribution is 1.67. The average Bonchev–Trinajstić information content (AvgIpc) is 1.91. The summed E-state index contributed by atoms with van der Waals surface area (Å²) in [5.74, 6) is 0. The Kier molecular flexibility index (Phi) is 2.77.